The van der Waals surface area contributed by atoms with E-state index >= 15 is 0 Å². The topological polar surface area (TPSA) is 16.1 Å². The number of hydrogen-bond donors (Lipinski definition) is 0. The first-order valence-corrected chi connectivity index (χ1v) is 20.8. The molecule has 9 aromatic carbocycles. The van der Waals surface area contributed by atoms with Gasteiger partial charge in [-0.15, -0.1) is 22.7 Å². The Morgan fingerprint density at radius 2 is 0.930 bits per heavy atom. The predicted octanol–water partition coefficient (Wildman–Crippen LogP) is 16.0. The normalized spacial score (nSPS) is 11.5. The van der Waals surface area contributed by atoms with E-state index in [4.69, 9.17) is 4.98 Å². The maximum Gasteiger partial charge on any atom is 0.124 e. The van der Waals surface area contributed by atoms with Gasteiger partial charge in [0.25, 0.3) is 0 Å². The van der Waals surface area contributed by atoms with Crippen LogP contribution < -0.4 is 4.90 Å². The van der Waals surface area contributed by atoms with Crippen molar-refractivity contribution in [1.29, 1.82) is 0 Å². The monoisotopic (exact) mass is 762 g/mol. The van der Waals surface area contributed by atoms with Gasteiger partial charge in [0.05, 0.1) is 10.2 Å². The Hall–Kier alpha value is -6.85. The van der Waals surface area contributed by atoms with Crippen molar-refractivity contribution in [2.45, 2.75) is 0 Å². The second-order valence-corrected chi connectivity index (χ2v) is 16.5. The molecule has 11 aromatic rings. The van der Waals surface area contributed by atoms with Gasteiger partial charge in [0.15, 0.2) is 0 Å². The number of rotatable bonds is 7. The summed E-state index contributed by atoms with van der Waals surface area (Å²) < 4.78 is 3.85. The van der Waals surface area contributed by atoms with Gasteiger partial charge in [0.1, 0.15) is 5.01 Å². The van der Waals surface area contributed by atoms with Gasteiger partial charge in [-0.2, -0.15) is 0 Å². The Labute approximate surface area is 339 Å². The Balaban J connectivity index is 0.967. The van der Waals surface area contributed by atoms with Gasteiger partial charge in [-0.3, -0.25) is 0 Å². The van der Waals surface area contributed by atoms with E-state index in [9.17, 15) is 0 Å². The summed E-state index contributed by atoms with van der Waals surface area (Å²) in [5, 5.41) is 6.16. The lowest BCUT2D eigenvalue weighted by atomic mass is 10.00. The highest BCUT2D eigenvalue weighted by atomic mass is 32.1. The van der Waals surface area contributed by atoms with Crippen molar-refractivity contribution < 1.29 is 0 Å². The SMILES string of the molecule is c1ccc(-c2ccc(N(c3ccc(-c4ccc5c(c4)sc4ccc6nc(-c7ccccc7)sc6c45)cc3)c3cccc(-c4ccc5ccccc5c4)c3)cc2)cc1. The van der Waals surface area contributed by atoms with E-state index in [1.54, 1.807) is 11.3 Å². The van der Waals surface area contributed by atoms with Crippen LogP contribution >= 0.6 is 22.7 Å². The Morgan fingerprint density at radius 3 is 1.68 bits per heavy atom. The minimum atomic E-state index is 1.06. The number of thiazole rings is 1. The van der Waals surface area contributed by atoms with Crippen molar-refractivity contribution in [2.24, 2.45) is 0 Å². The molecule has 2 nitrogen and oxygen atoms in total. The van der Waals surface area contributed by atoms with E-state index in [0.29, 0.717) is 0 Å². The zero-order chi connectivity index (χ0) is 37.7. The number of thiophene rings is 1. The molecule has 0 fully saturated rings. The van der Waals surface area contributed by atoms with E-state index < -0.39 is 0 Å². The number of anilines is 3. The summed E-state index contributed by atoms with van der Waals surface area (Å²) >= 11 is 3.65. The van der Waals surface area contributed by atoms with Crippen molar-refractivity contribution in [3.63, 3.8) is 0 Å². The van der Waals surface area contributed by atoms with Crippen molar-refractivity contribution >= 4 is 80.9 Å². The number of hydrogen-bond acceptors (Lipinski definition) is 4. The van der Waals surface area contributed by atoms with E-state index in [1.165, 1.54) is 69.0 Å². The molecule has 0 amide bonds. The van der Waals surface area contributed by atoms with Crippen molar-refractivity contribution in [2.75, 3.05) is 4.90 Å². The second kappa shape index (κ2) is 14.0. The van der Waals surface area contributed by atoms with Gasteiger partial charge in [0.2, 0.25) is 0 Å². The molecule has 11 rings (SSSR count). The first-order chi connectivity index (χ1) is 28.2. The molecule has 2 aromatic heterocycles. The Morgan fingerprint density at radius 1 is 0.351 bits per heavy atom. The molecular formula is C53H34N2S2. The molecular weight excluding hydrogens is 729 g/mol. The fourth-order valence-electron chi connectivity index (χ4n) is 8.01. The standard InChI is InChI=1S/C53H34N2S2/c1-3-10-35(11-4-1)37-20-25-44(26-21-37)55(46-17-9-16-41(33-46)42-19-18-36-12-7-8-15-40(36)32-42)45-27-22-38(23-28-45)43-24-29-47-50(34-43)56-49-31-30-48-52(51(47)49)57-53(54-48)39-13-5-2-6-14-39/h1-34H. The molecule has 0 aliphatic carbocycles. The molecule has 0 atom stereocenters. The average Bonchev–Trinajstić information content (AvgIpc) is 3.89. The smallest absolute Gasteiger partial charge is 0.124 e. The second-order valence-electron chi connectivity index (χ2n) is 14.4. The minimum Gasteiger partial charge on any atom is -0.310 e. The van der Waals surface area contributed by atoms with Crippen LogP contribution in [0.15, 0.2) is 206 Å². The van der Waals surface area contributed by atoms with Gasteiger partial charge >= 0.3 is 0 Å². The van der Waals surface area contributed by atoms with Gasteiger partial charge in [0, 0.05) is 42.8 Å². The molecule has 0 bridgehead atoms. The van der Waals surface area contributed by atoms with Crippen molar-refractivity contribution in [3.8, 4) is 44.0 Å². The molecule has 0 saturated heterocycles. The molecule has 0 aliphatic rings. The molecule has 0 spiro atoms. The fourth-order valence-corrected chi connectivity index (χ4v) is 10.4. The molecule has 0 unspecified atom stereocenters. The maximum absolute atomic E-state index is 5.02. The van der Waals surface area contributed by atoms with Gasteiger partial charge in [-0.25, -0.2) is 4.98 Å². The Bertz CT molecular complexity index is 3220. The van der Waals surface area contributed by atoms with E-state index in [-0.39, 0.29) is 0 Å². The maximum atomic E-state index is 5.02. The summed E-state index contributed by atoms with van der Waals surface area (Å²) in [6.07, 6.45) is 0. The highest BCUT2D eigenvalue weighted by Crippen LogP contribution is 2.44. The van der Waals surface area contributed by atoms with Crippen LogP contribution in [0.3, 0.4) is 0 Å². The van der Waals surface area contributed by atoms with Crippen LogP contribution in [-0.2, 0) is 0 Å². The number of nitrogens with zero attached hydrogens (tertiary/aromatic N) is 2. The third kappa shape index (κ3) is 6.16. The molecule has 0 radical (unpaired) electrons. The summed E-state index contributed by atoms with van der Waals surface area (Å²) in [6, 6.07) is 74.5. The van der Waals surface area contributed by atoms with Crippen LogP contribution in [0.2, 0.25) is 0 Å². The fraction of sp³-hybridized carbons (Fsp3) is 0. The first-order valence-electron chi connectivity index (χ1n) is 19.2. The summed E-state index contributed by atoms with van der Waals surface area (Å²) in [5.74, 6) is 0. The van der Waals surface area contributed by atoms with Gasteiger partial charge < -0.3 is 4.90 Å². The van der Waals surface area contributed by atoms with E-state index in [0.717, 1.165) is 33.1 Å². The first kappa shape index (κ1) is 33.5. The lowest BCUT2D eigenvalue weighted by Gasteiger charge is -2.26. The van der Waals surface area contributed by atoms with Crippen molar-refractivity contribution in [1.82, 2.24) is 4.98 Å². The molecule has 2 heterocycles. The lowest BCUT2D eigenvalue weighted by molar-refractivity contribution is 1.28. The van der Waals surface area contributed by atoms with E-state index in [2.05, 4.69) is 211 Å². The Kier molecular flexibility index (Phi) is 8.24. The number of aromatic nitrogens is 1. The zero-order valence-corrected chi connectivity index (χ0v) is 32.5. The molecule has 268 valence electrons. The van der Waals surface area contributed by atoms with Crippen LogP contribution in [0.25, 0.3) is 85.1 Å². The molecule has 0 N–H and O–H groups in total. The van der Waals surface area contributed by atoms with Crippen LogP contribution in [-0.4, -0.2) is 4.98 Å². The highest BCUT2D eigenvalue weighted by molar-refractivity contribution is 7.28. The van der Waals surface area contributed by atoms with Crippen LogP contribution in [0.1, 0.15) is 0 Å². The van der Waals surface area contributed by atoms with Crippen LogP contribution in [0, 0.1) is 0 Å². The number of benzene rings is 9. The zero-order valence-electron chi connectivity index (χ0n) is 30.8. The summed E-state index contributed by atoms with van der Waals surface area (Å²) in [4.78, 5) is 7.38. The summed E-state index contributed by atoms with van der Waals surface area (Å²) in [6.45, 7) is 0. The van der Waals surface area contributed by atoms with Gasteiger partial charge in [-0.05, 0) is 105 Å². The molecule has 57 heavy (non-hydrogen) atoms. The third-order valence-corrected chi connectivity index (χ3v) is 13.1. The quantitative estimate of drug-likeness (QED) is 0.161. The van der Waals surface area contributed by atoms with Crippen LogP contribution in [0.5, 0.6) is 0 Å². The minimum absolute atomic E-state index is 1.06. The number of fused-ring (bicyclic) bond motifs is 6. The van der Waals surface area contributed by atoms with Crippen molar-refractivity contribution in [3.05, 3.63) is 206 Å². The van der Waals surface area contributed by atoms with E-state index in [1.807, 2.05) is 11.3 Å². The lowest BCUT2D eigenvalue weighted by Crippen LogP contribution is -2.10. The predicted molar refractivity (Wildman–Crippen MR) is 246 cm³/mol. The van der Waals surface area contributed by atoms with Crippen LogP contribution in [0.4, 0.5) is 17.1 Å². The third-order valence-electron chi connectivity index (χ3n) is 10.9. The van der Waals surface area contributed by atoms with Gasteiger partial charge in [-0.1, -0.05) is 146 Å². The molecule has 0 saturated carbocycles. The molecule has 0 aliphatic heterocycles. The largest absolute Gasteiger partial charge is 0.310 e. The molecule has 4 heteroatoms. The average molecular weight is 763 g/mol. The highest BCUT2D eigenvalue weighted by Gasteiger charge is 2.17. The summed E-state index contributed by atoms with van der Waals surface area (Å²) in [7, 11) is 0. The summed E-state index contributed by atoms with van der Waals surface area (Å²) in [5.41, 5.74) is 12.7.